The number of furan rings is 1. The van der Waals surface area contributed by atoms with Crippen LogP contribution in [0.25, 0.3) is 0 Å². The van der Waals surface area contributed by atoms with E-state index in [1.54, 1.807) is 6.26 Å². The van der Waals surface area contributed by atoms with Gasteiger partial charge in [-0.2, -0.15) is 0 Å². The molecule has 3 nitrogen and oxygen atoms in total. The molecule has 2 rings (SSSR count). The van der Waals surface area contributed by atoms with E-state index in [1.165, 1.54) is 51.6 Å². The fraction of sp³-hybridized carbons (Fsp3) is 0.778. The first kappa shape index (κ1) is 16.6. The van der Waals surface area contributed by atoms with Crippen LogP contribution in [-0.2, 0) is 6.54 Å². The lowest BCUT2D eigenvalue weighted by Crippen LogP contribution is -2.45. The SMILES string of the molecule is CCCNCC1(CN(CC)Cc2ccco2)CCCCC1. The Balaban J connectivity index is 1.94. The second kappa shape index (κ2) is 8.60. The first-order chi connectivity index (χ1) is 10.3. The van der Waals surface area contributed by atoms with Crippen molar-refractivity contribution >= 4 is 0 Å². The Hall–Kier alpha value is -0.800. The summed E-state index contributed by atoms with van der Waals surface area (Å²) in [6.45, 7) is 10.1. The van der Waals surface area contributed by atoms with Crippen molar-refractivity contribution in [3.63, 3.8) is 0 Å². The van der Waals surface area contributed by atoms with E-state index in [2.05, 4.69) is 30.1 Å². The molecule has 0 atom stereocenters. The van der Waals surface area contributed by atoms with Crippen molar-refractivity contribution in [2.75, 3.05) is 26.2 Å². The minimum atomic E-state index is 0.468. The molecule has 0 radical (unpaired) electrons. The summed E-state index contributed by atoms with van der Waals surface area (Å²) in [5, 5.41) is 3.68. The monoisotopic (exact) mass is 292 g/mol. The van der Waals surface area contributed by atoms with Gasteiger partial charge < -0.3 is 9.73 Å². The fourth-order valence-corrected chi connectivity index (χ4v) is 3.60. The van der Waals surface area contributed by atoms with Gasteiger partial charge in [-0.25, -0.2) is 0 Å². The van der Waals surface area contributed by atoms with Crippen LogP contribution in [-0.4, -0.2) is 31.1 Å². The van der Waals surface area contributed by atoms with E-state index in [0.717, 1.165) is 25.4 Å². The van der Waals surface area contributed by atoms with Gasteiger partial charge in [0.1, 0.15) is 5.76 Å². The Labute approximate surface area is 130 Å². The second-order valence-electron chi connectivity index (χ2n) is 6.62. The lowest BCUT2D eigenvalue weighted by molar-refractivity contribution is 0.0968. The Morgan fingerprint density at radius 2 is 2.05 bits per heavy atom. The van der Waals surface area contributed by atoms with Crippen LogP contribution in [0.2, 0.25) is 0 Å². The van der Waals surface area contributed by atoms with Crippen LogP contribution < -0.4 is 5.32 Å². The molecule has 1 N–H and O–H groups in total. The fourth-order valence-electron chi connectivity index (χ4n) is 3.60. The van der Waals surface area contributed by atoms with Crippen LogP contribution in [0.5, 0.6) is 0 Å². The van der Waals surface area contributed by atoms with Gasteiger partial charge >= 0.3 is 0 Å². The highest BCUT2D eigenvalue weighted by Gasteiger charge is 2.33. The number of nitrogens with one attached hydrogen (secondary N) is 1. The molecule has 120 valence electrons. The first-order valence-corrected chi connectivity index (χ1v) is 8.73. The highest BCUT2D eigenvalue weighted by Crippen LogP contribution is 2.36. The summed E-state index contributed by atoms with van der Waals surface area (Å²) in [6, 6.07) is 4.08. The molecule has 3 heteroatoms. The van der Waals surface area contributed by atoms with Crippen LogP contribution in [0.1, 0.15) is 58.1 Å². The number of rotatable bonds is 9. The van der Waals surface area contributed by atoms with Gasteiger partial charge in [-0.3, -0.25) is 4.90 Å². The zero-order valence-corrected chi connectivity index (χ0v) is 13.9. The van der Waals surface area contributed by atoms with Crippen LogP contribution in [0.4, 0.5) is 0 Å². The zero-order valence-electron chi connectivity index (χ0n) is 13.9. The Kier molecular flexibility index (Phi) is 6.78. The van der Waals surface area contributed by atoms with Gasteiger partial charge in [-0.1, -0.05) is 33.1 Å². The highest BCUT2D eigenvalue weighted by molar-refractivity contribution is 4.98. The van der Waals surface area contributed by atoms with Crippen LogP contribution in [0, 0.1) is 5.41 Å². The average Bonchev–Trinajstić information content (AvgIpc) is 3.01. The predicted octanol–water partition coefficient (Wildman–Crippen LogP) is 4.05. The molecule has 1 aliphatic carbocycles. The third-order valence-electron chi connectivity index (χ3n) is 4.81. The van der Waals surface area contributed by atoms with Crippen molar-refractivity contribution in [1.29, 1.82) is 0 Å². The molecule has 0 aromatic carbocycles. The molecule has 0 unspecified atom stereocenters. The summed E-state index contributed by atoms with van der Waals surface area (Å²) in [5.41, 5.74) is 0.468. The molecule has 1 heterocycles. The summed E-state index contributed by atoms with van der Waals surface area (Å²) in [5.74, 6) is 1.09. The quantitative estimate of drug-likeness (QED) is 0.696. The standard InChI is InChI=1S/C18H32N2O/c1-3-12-19-15-18(10-6-5-7-11-18)16-20(4-2)14-17-9-8-13-21-17/h8-9,13,19H,3-7,10-12,14-16H2,1-2H3. The second-order valence-corrected chi connectivity index (χ2v) is 6.62. The molecule has 0 amide bonds. The van der Waals surface area contributed by atoms with E-state index in [4.69, 9.17) is 4.42 Å². The molecule has 1 saturated carbocycles. The Morgan fingerprint density at radius 3 is 2.67 bits per heavy atom. The normalized spacial score (nSPS) is 18.2. The highest BCUT2D eigenvalue weighted by atomic mass is 16.3. The maximum atomic E-state index is 5.53. The van der Waals surface area contributed by atoms with Gasteiger partial charge in [0.05, 0.1) is 12.8 Å². The van der Waals surface area contributed by atoms with E-state index in [9.17, 15) is 0 Å². The largest absolute Gasteiger partial charge is 0.468 e. The minimum Gasteiger partial charge on any atom is -0.468 e. The maximum Gasteiger partial charge on any atom is 0.117 e. The van der Waals surface area contributed by atoms with Crippen LogP contribution in [0.15, 0.2) is 22.8 Å². The van der Waals surface area contributed by atoms with Crippen LogP contribution in [0.3, 0.4) is 0 Å². The summed E-state index contributed by atoms with van der Waals surface area (Å²) in [7, 11) is 0. The van der Waals surface area contributed by atoms with E-state index < -0.39 is 0 Å². The third-order valence-corrected chi connectivity index (χ3v) is 4.81. The van der Waals surface area contributed by atoms with Crippen molar-refractivity contribution < 1.29 is 4.42 Å². The van der Waals surface area contributed by atoms with Crippen molar-refractivity contribution in [3.8, 4) is 0 Å². The maximum absolute atomic E-state index is 5.53. The van der Waals surface area contributed by atoms with E-state index >= 15 is 0 Å². The topological polar surface area (TPSA) is 28.4 Å². The number of hydrogen-bond acceptors (Lipinski definition) is 3. The van der Waals surface area contributed by atoms with Gasteiger partial charge in [-0.15, -0.1) is 0 Å². The first-order valence-electron chi connectivity index (χ1n) is 8.73. The molecule has 0 bridgehead atoms. The van der Waals surface area contributed by atoms with E-state index in [-0.39, 0.29) is 0 Å². The minimum absolute atomic E-state index is 0.468. The van der Waals surface area contributed by atoms with E-state index in [1.807, 2.05) is 6.07 Å². The van der Waals surface area contributed by atoms with Crippen molar-refractivity contribution in [2.45, 2.75) is 58.9 Å². The molecule has 1 fully saturated rings. The van der Waals surface area contributed by atoms with Gasteiger partial charge in [-0.05, 0) is 49.9 Å². The molecule has 0 spiro atoms. The molecule has 0 aliphatic heterocycles. The Morgan fingerprint density at radius 1 is 1.24 bits per heavy atom. The molecule has 1 aliphatic rings. The molecule has 1 aromatic heterocycles. The number of nitrogens with zero attached hydrogens (tertiary/aromatic N) is 1. The smallest absolute Gasteiger partial charge is 0.117 e. The van der Waals surface area contributed by atoms with Crippen molar-refractivity contribution in [1.82, 2.24) is 10.2 Å². The number of hydrogen-bond donors (Lipinski definition) is 1. The Bertz CT molecular complexity index is 369. The molecule has 0 saturated heterocycles. The van der Waals surface area contributed by atoms with Crippen LogP contribution >= 0.6 is 0 Å². The average molecular weight is 292 g/mol. The van der Waals surface area contributed by atoms with Crippen molar-refractivity contribution in [2.24, 2.45) is 5.41 Å². The molecular weight excluding hydrogens is 260 g/mol. The lowest BCUT2D eigenvalue weighted by atomic mass is 9.73. The van der Waals surface area contributed by atoms with Gasteiger partial charge in [0.25, 0.3) is 0 Å². The van der Waals surface area contributed by atoms with Crippen molar-refractivity contribution in [3.05, 3.63) is 24.2 Å². The lowest BCUT2D eigenvalue weighted by Gasteiger charge is -2.41. The summed E-state index contributed by atoms with van der Waals surface area (Å²) >= 11 is 0. The van der Waals surface area contributed by atoms with Gasteiger partial charge in [0.15, 0.2) is 0 Å². The summed E-state index contributed by atoms with van der Waals surface area (Å²) < 4.78 is 5.53. The summed E-state index contributed by atoms with van der Waals surface area (Å²) in [6.07, 6.45) is 9.96. The molecular formula is C18H32N2O. The summed E-state index contributed by atoms with van der Waals surface area (Å²) in [4.78, 5) is 2.55. The molecule has 1 aromatic rings. The van der Waals surface area contributed by atoms with Gasteiger partial charge in [0, 0.05) is 13.1 Å². The molecule has 21 heavy (non-hydrogen) atoms. The van der Waals surface area contributed by atoms with Gasteiger partial charge in [0.2, 0.25) is 0 Å². The zero-order chi connectivity index (χ0) is 15.0. The predicted molar refractivity (Wildman–Crippen MR) is 88.3 cm³/mol. The third kappa shape index (κ3) is 5.15. The van der Waals surface area contributed by atoms with E-state index in [0.29, 0.717) is 5.41 Å².